The number of rotatable bonds is 0. The minimum Gasteiger partial charge on any atom is -0.448 e. The van der Waals surface area contributed by atoms with E-state index in [9.17, 15) is 0 Å². The fourth-order valence-electron chi connectivity index (χ4n) is 1.73. The zero-order valence-corrected chi connectivity index (χ0v) is 10.2. The Labute approximate surface area is 110 Å². The lowest BCUT2D eigenvalue weighted by atomic mass is 10.2. The molecule has 0 unspecified atom stereocenters. The Bertz CT molecular complexity index is 745. The van der Waals surface area contributed by atoms with Crippen LogP contribution in [-0.2, 0) is 0 Å². The van der Waals surface area contributed by atoms with Crippen LogP contribution in [0.15, 0.2) is 59.0 Å². The summed E-state index contributed by atoms with van der Waals surface area (Å²) in [5, 5.41) is 1.67. The Morgan fingerprint density at radius 2 is 1.72 bits per heavy atom. The van der Waals surface area contributed by atoms with Crippen LogP contribution in [0.2, 0.25) is 5.02 Å². The van der Waals surface area contributed by atoms with Crippen LogP contribution < -0.4 is 0 Å². The van der Waals surface area contributed by atoms with Crippen molar-refractivity contribution in [1.82, 2.24) is 0 Å². The molecule has 0 aliphatic rings. The fraction of sp³-hybridized carbons (Fsp3) is 0. The number of hydrogen-bond acceptors (Lipinski definition) is 1. The molecule has 0 spiro atoms. The van der Waals surface area contributed by atoms with Gasteiger partial charge in [0.1, 0.15) is 5.58 Å². The predicted molar refractivity (Wildman–Crippen MR) is 73.6 cm³/mol. The Morgan fingerprint density at radius 1 is 0.889 bits per heavy atom. The van der Waals surface area contributed by atoms with E-state index < -0.39 is 0 Å². The average molecular weight is 253 g/mol. The van der Waals surface area contributed by atoms with Crippen molar-refractivity contribution in [3.05, 3.63) is 70.9 Å². The summed E-state index contributed by atoms with van der Waals surface area (Å²) in [6.07, 6.45) is 0. The van der Waals surface area contributed by atoms with Crippen LogP contribution >= 0.6 is 11.6 Å². The first-order valence-electron chi connectivity index (χ1n) is 5.57. The predicted octanol–water partition coefficient (Wildman–Crippen LogP) is 4.49. The second kappa shape index (κ2) is 4.60. The van der Waals surface area contributed by atoms with Crippen LogP contribution in [0.4, 0.5) is 0 Å². The van der Waals surface area contributed by atoms with Gasteiger partial charge in [-0.3, -0.25) is 0 Å². The zero-order valence-electron chi connectivity index (χ0n) is 9.48. The van der Waals surface area contributed by atoms with E-state index >= 15 is 0 Å². The minimum atomic E-state index is 0.649. The van der Waals surface area contributed by atoms with Crippen molar-refractivity contribution in [1.29, 1.82) is 0 Å². The summed E-state index contributed by atoms with van der Waals surface area (Å²) in [4.78, 5) is 0. The second-order valence-corrected chi connectivity index (χ2v) is 4.35. The van der Waals surface area contributed by atoms with Crippen molar-refractivity contribution in [2.24, 2.45) is 0 Å². The van der Waals surface area contributed by atoms with Crippen molar-refractivity contribution in [3.63, 3.8) is 0 Å². The topological polar surface area (TPSA) is 13.1 Å². The summed E-state index contributed by atoms with van der Waals surface area (Å²) in [7, 11) is 0. The molecule has 0 atom stereocenters. The van der Waals surface area contributed by atoms with Gasteiger partial charge < -0.3 is 4.42 Å². The first-order chi connectivity index (χ1) is 8.81. The maximum atomic E-state index is 5.92. The molecule has 0 aliphatic heterocycles. The Kier molecular flexibility index (Phi) is 2.80. The van der Waals surface area contributed by atoms with Crippen LogP contribution in [0.25, 0.3) is 11.0 Å². The molecule has 0 saturated heterocycles. The molecular formula is C16H9ClO. The minimum absolute atomic E-state index is 0.649. The van der Waals surface area contributed by atoms with Gasteiger partial charge in [-0.1, -0.05) is 35.7 Å². The van der Waals surface area contributed by atoms with Gasteiger partial charge in [-0.25, -0.2) is 0 Å². The Balaban J connectivity index is 1.99. The smallest absolute Gasteiger partial charge is 0.178 e. The third-order valence-corrected chi connectivity index (χ3v) is 2.82. The molecule has 1 nitrogen and oxygen atoms in total. The lowest BCUT2D eigenvalue weighted by Crippen LogP contribution is -1.71. The fourth-order valence-corrected chi connectivity index (χ4v) is 1.91. The molecule has 0 aliphatic carbocycles. The summed E-state index contributed by atoms with van der Waals surface area (Å²) in [5.41, 5.74) is 1.77. The Hall–Kier alpha value is -2.17. The van der Waals surface area contributed by atoms with Gasteiger partial charge in [-0.05, 0) is 36.3 Å². The van der Waals surface area contributed by atoms with E-state index in [1.165, 1.54) is 0 Å². The highest BCUT2D eigenvalue weighted by atomic mass is 35.5. The molecule has 0 radical (unpaired) electrons. The average Bonchev–Trinajstić information content (AvgIpc) is 2.79. The van der Waals surface area contributed by atoms with E-state index in [0.29, 0.717) is 10.8 Å². The van der Waals surface area contributed by atoms with Gasteiger partial charge in [0.2, 0.25) is 0 Å². The summed E-state index contributed by atoms with van der Waals surface area (Å²) in [6, 6.07) is 17.2. The van der Waals surface area contributed by atoms with E-state index in [2.05, 4.69) is 11.8 Å². The van der Waals surface area contributed by atoms with Gasteiger partial charge >= 0.3 is 0 Å². The lowest BCUT2D eigenvalue weighted by Gasteiger charge is -1.87. The highest BCUT2D eigenvalue weighted by molar-refractivity contribution is 6.31. The maximum absolute atomic E-state index is 5.92. The molecule has 18 heavy (non-hydrogen) atoms. The number of hydrogen-bond donors (Lipinski definition) is 0. The molecule has 1 aromatic heterocycles. The van der Waals surface area contributed by atoms with Crippen LogP contribution in [0.5, 0.6) is 0 Å². The molecule has 3 aromatic rings. The third kappa shape index (κ3) is 2.25. The zero-order chi connectivity index (χ0) is 12.4. The molecule has 86 valence electrons. The summed E-state index contributed by atoms with van der Waals surface area (Å²) in [6.45, 7) is 0. The van der Waals surface area contributed by atoms with Crippen molar-refractivity contribution in [2.75, 3.05) is 0 Å². The highest BCUT2D eigenvalue weighted by Crippen LogP contribution is 2.22. The van der Waals surface area contributed by atoms with Crippen molar-refractivity contribution in [2.45, 2.75) is 0 Å². The van der Waals surface area contributed by atoms with E-state index in [0.717, 1.165) is 16.5 Å². The standard InChI is InChI=1S/C16H9ClO/c17-14-7-9-16-13(10-14)11-15(18-16)8-6-12-4-2-1-3-5-12/h1-5,7,9-11H. The van der Waals surface area contributed by atoms with Gasteiger partial charge in [0, 0.05) is 22.0 Å². The maximum Gasteiger partial charge on any atom is 0.178 e. The molecule has 0 fully saturated rings. The summed E-state index contributed by atoms with van der Waals surface area (Å²) < 4.78 is 5.61. The lowest BCUT2D eigenvalue weighted by molar-refractivity contribution is 0.601. The van der Waals surface area contributed by atoms with E-state index in [1.54, 1.807) is 0 Å². The van der Waals surface area contributed by atoms with E-state index in [1.807, 2.05) is 54.6 Å². The molecule has 0 amide bonds. The number of benzene rings is 2. The first kappa shape index (κ1) is 11.0. The molecule has 3 rings (SSSR count). The Morgan fingerprint density at radius 3 is 2.56 bits per heavy atom. The van der Waals surface area contributed by atoms with Crippen LogP contribution in [0.1, 0.15) is 11.3 Å². The molecule has 0 saturated carbocycles. The SMILES string of the molecule is Clc1ccc2oc(C#Cc3ccccc3)cc2c1. The molecule has 2 heteroatoms. The molecule has 2 aromatic carbocycles. The van der Waals surface area contributed by atoms with Crippen LogP contribution in [-0.4, -0.2) is 0 Å². The van der Waals surface area contributed by atoms with Crippen LogP contribution in [0.3, 0.4) is 0 Å². The van der Waals surface area contributed by atoms with Crippen molar-refractivity contribution < 1.29 is 4.42 Å². The summed E-state index contributed by atoms with van der Waals surface area (Å²) >= 11 is 5.92. The number of furan rings is 1. The van der Waals surface area contributed by atoms with Gasteiger partial charge in [0.05, 0.1) is 0 Å². The highest BCUT2D eigenvalue weighted by Gasteiger charge is 2.01. The molecule has 0 N–H and O–H groups in total. The van der Waals surface area contributed by atoms with Crippen molar-refractivity contribution >= 4 is 22.6 Å². The third-order valence-electron chi connectivity index (χ3n) is 2.58. The number of halogens is 1. The van der Waals surface area contributed by atoms with Crippen LogP contribution in [0, 0.1) is 11.8 Å². The van der Waals surface area contributed by atoms with Crippen molar-refractivity contribution in [3.8, 4) is 11.8 Å². The molecular weight excluding hydrogens is 244 g/mol. The normalized spacial score (nSPS) is 10.1. The van der Waals surface area contributed by atoms with E-state index in [4.69, 9.17) is 16.0 Å². The monoisotopic (exact) mass is 252 g/mol. The summed E-state index contributed by atoms with van der Waals surface area (Å²) in [5.74, 6) is 6.72. The van der Waals surface area contributed by atoms with Gasteiger partial charge in [0.25, 0.3) is 0 Å². The first-order valence-corrected chi connectivity index (χ1v) is 5.95. The quantitative estimate of drug-likeness (QED) is 0.538. The second-order valence-electron chi connectivity index (χ2n) is 3.91. The van der Waals surface area contributed by atoms with E-state index in [-0.39, 0.29) is 0 Å². The van der Waals surface area contributed by atoms with Gasteiger partial charge in [-0.2, -0.15) is 0 Å². The molecule has 0 bridgehead atoms. The molecule has 1 heterocycles. The van der Waals surface area contributed by atoms with Gasteiger partial charge in [0.15, 0.2) is 5.76 Å². The number of fused-ring (bicyclic) bond motifs is 1. The largest absolute Gasteiger partial charge is 0.448 e. The van der Waals surface area contributed by atoms with Gasteiger partial charge in [-0.15, -0.1) is 0 Å².